The summed E-state index contributed by atoms with van der Waals surface area (Å²) in [6.07, 6.45) is 7.47. The minimum Gasteiger partial charge on any atom is -0.381 e. The number of rotatable bonds is 12. The first-order valence-corrected chi connectivity index (χ1v) is 14.0. The molecule has 1 aliphatic heterocycles. The first kappa shape index (κ1) is 28.5. The molecule has 0 bridgehead atoms. The van der Waals surface area contributed by atoms with E-state index in [0.29, 0.717) is 62.7 Å². The Kier molecular flexibility index (Phi) is 10.6. The summed E-state index contributed by atoms with van der Waals surface area (Å²) in [6, 6.07) is 11.5. The number of aromatic nitrogens is 2. The predicted octanol–water partition coefficient (Wildman–Crippen LogP) is 4.21. The van der Waals surface area contributed by atoms with E-state index in [1.54, 1.807) is 6.20 Å². The number of hydrogen-bond donors (Lipinski definition) is 4. The Morgan fingerprint density at radius 2 is 1.97 bits per heavy atom. The molecule has 2 aromatic heterocycles. The van der Waals surface area contributed by atoms with Crippen molar-refractivity contribution in [2.45, 2.75) is 63.6 Å². The number of nitrogens with two attached hydrogens (primary N) is 1. The van der Waals surface area contributed by atoms with Crippen molar-refractivity contribution in [3.05, 3.63) is 35.5 Å². The molecule has 206 valence electrons. The number of hydrogen-bond acceptors (Lipinski definition) is 9. The molecule has 2 aromatic rings. The lowest BCUT2D eigenvalue weighted by Crippen LogP contribution is -2.43. The summed E-state index contributed by atoms with van der Waals surface area (Å²) in [6.45, 7) is 5.78. The topological polar surface area (TPSA) is 130 Å². The molecule has 1 atom stereocenters. The molecule has 1 unspecified atom stereocenters. The predicted molar refractivity (Wildman–Crippen MR) is 151 cm³/mol. The molecular weight excluding hydrogens is 502 g/mol. The second-order valence-electron chi connectivity index (χ2n) is 10.4. The third kappa shape index (κ3) is 8.01. The number of nitrogens with one attached hydrogen (secondary N) is 3. The van der Waals surface area contributed by atoms with E-state index >= 15 is 0 Å². The normalized spacial score (nSPS) is 21.8. The summed E-state index contributed by atoms with van der Waals surface area (Å²) in [5, 5.41) is 20.9. The number of pyridine rings is 2. The number of nitrogens with zero attached hydrogens (tertiary/aromatic N) is 3. The Hall–Kier alpha value is -2.48. The number of anilines is 2. The third-order valence-corrected chi connectivity index (χ3v) is 7.71. The van der Waals surface area contributed by atoms with Crippen molar-refractivity contribution in [1.29, 1.82) is 5.26 Å². The fourth-order valence-corrected chi connectivity index (χ4v) is 5.35. The zero-order chi connectivity index (χ0) is 26.8. The van der Waals surface area contributed by atoms with Gasteiger partial charge in [0.1, 0.15) is 11.6 Å². The average molecular weight is 542 g/mol. The molecule has 4 rings (SSSR count). The molecule has 5 N–H and O–H groups in total. The van der Waals surface area contributed by atoms with Crippen LogP contribution in [0.3, 0.4) is 0 Å². The van der Waals surface area contributed by atoms with Crippen LogP contribution in [-0.2, 0) is 9.47 Å². The molecule has 38 heavy (non-hydrogen) atoms. The van der Waals surface area contributed by atoms with Crippen LogP contribution in [0, 0.1) is 16.7 Å². The van der Waals surface area contributed by atoms with E-state index in [2.05, 4.69) is 33.9 Å². The van der Waals surface area contributed by atoms with E-state index < -0.39 is 5.41 Å². The Labute approximate surface area is 230 Å². The molecule has 1 saturated heterocycles. The molecule has 1 aliphatic carbocycles. The maximum Gasteiger partial charge on any atom is 0.126 e. The van der Waals surface area contributed by atoms with Crippen LogP contribution in [0.2, 0.25) is 5.02 Å². The molecule has 1 saturated carbocycles. The first-order valence-electron chi connectivity index (χ1n) is 13.7. The molecule has 0 aromatic carbocycles. The molecule has 2 fully saturated rings. The second kappa shape index (κ2) is 14.1. The van der Waals surface area contributed by atoms with Crippen LogP contribution < -0.4 is 21.7 Å². The highest BCUT2D eigenvalue weighted by Crippen LogP contribution is 2.32. The lowest BCUT2D eigenvalue weighted by atomic mass is 9.82. The highest BCUT2D eigenvalue weighted by Gasteiger charge is 2.32. The fraction of sp³-hybridized carbons (Fsp3) is 0.607. The number of ether oxygens (including phenoxy) is 2. The Morgan fingerprint density at radius 1 is 1.21 bits per heavy atom. The van der Waals surface area contributed by atoms with Gasteiger partial charge in [-0.3, -0.25) is 0 Å². The van der Waals surface area contributed by atoms with Gasteiger partial charge >= 0.3 is 0 Å². The smallest absolute Gasteiger partial charge is 0.126 e. The summed E-state index contributed by atoms with van der Waals surface area (Å²) < 4.78 is 11.0. The van der Waals surface area contributed by atoms with Gasteiger partial charge < -0.3 is 31.2 Å². The molecule has 0 amide bonds. The van der Waals surface area contributed by atoms with Crippen LogP contribution in [0.15, 0.2) is 30.5 Å². The van der Waals surface area contributed by atoms with Crippen molar-refractivity contribution in [1.82, 2.24) is 15.3 Å². The van der Waals surface area contributed by atoms with Crippen molar-refractivity contribution < 1.29 is 9.47 Å². The Morgan fingerprint density at radius 3 is 2.71 bits per heavy atom. The fourth-order valence-electron chi connectivity index (χ4n) is 5.15. The maximum absolute atomic E-state index is 9.74. The van der Waals surface area contributed by atoms with Gasteiger partial charge in [-0.15, -0.1) is 0 Å². The molecule has 3 heterocycles. The Bertz CT molecular complexity index is 1070. The highest BCUT2D eigenvalue weighted by atomic mass is 35.5. The van der Waals surface area contributed by atoms with E-state index in [0.717, 1.165) is 61.4 Å². The van der Waals surface area contributed by atoms with Crippen LogP contribution in [0.25, 0.3) is 11.3 Å². The van der Waals surface area contributed by atoms with Gasteiger partial charge in [0.2, 0.25) is 0 Å². The van der Waals surface area contributed by atoms with E-state index in [9.17, 15) is 5.26 Å². The molecule has 0 spiro atoms. The monoisotopic (exact) mass is 541 g/mol. The van der Waals surface area contributed by atoms with Gasteiger partial charge in [-0.1, -0.05) is 17.7 Å². The average Bonchev–Trinajstić information content (AvgIpc) is 2.95. The molecule has 0 radical (unpaired) electrons. The highest BCUT2D eigenvalue weighted by molar-refractivity contribution is 6.33. The largest absolute Gasteiger partial charge is 0.381 e. The van der Waals surface area contributed by atoms with Crippen molar-refractivity contribution in [2.24, 2.45) is 11.1 Å². The molecule has 2 aliphatic rings. The minimum atomic E-state index is -0.424. The van der Waals surface area contributed by atoms with Crippen molar-refractivity contribution >= 4 is 23.2 Å². The first-order chi connectivity index (χ1) is 18.5. The summed E-state index contributed by atoms with van der Waals surface area (Å²) in [5.41, 5.74) is 6.67. The third-order valence-electron chi connectivity index (χ3n) is 7.40. The van der Waals surface area contributed by atoms with Crippen molar-refractivity contribution in [3.63, 3.8) is 0 Å². The van der Waals surface area contributed by atoms with Crippen LogP contribution in [0.5, 0.6) is 0 Å². The van der Waals surface area contributed by atoms with Gasteiger partial charge in [0.15, 0.2) is 0 Å². The zero-order valence-corrected chi connectivity index (χ0v) is 23.0. The zero-order valence-electron chi connectivity index (χ0n) is 22.2. The standard InChI is InChI=1S/C28H40ClN7O2/c1-20(17-38-14-11-30)34-21-5-7-22(8-6-21)35-27-15-23(24(29)16-32-27)25-3-2-4-26(36-25)33-19-28(18-31)9-12-37-13-10-28/h2-4,15-16,20-22,34H,5-14,17,19,30H2,1H3,(H,32,35)(H,33,36). The van der Waals surface area contributed by atoms with E-state index in [1.165, 1.54) is 0 Å². The molecular formula is C28H40ClN7O2. The van der Waals surface area contributed by atoms with Crippen LogP contribution in [0.1, 0.15) is 45.4 Å². The van der Waals surface area contributed by atoms with Crippen molar-refractivity contribution in [2.75, 3.05) is 50.2 Å². The van der Waals surface area contributed by atoms with Gasteiger partial charge in [0, 0.05) is 56.2 Å². The lowest BCUT2D eigenvalue weighted by molar-refractivity contribution is 0.0455. The summed E-state index contributed by atoms with van der Waals surface area (Å²) in [5.74, 6) is 1.52. The van der Waals surface area contributed by atoms with E-state index in [1.807, 2.05) is 24.3 Å². The summed E-state index contributed by atoms with van der Waals surface area (Å²) in [4.78, 5) is 9.32. The van der Waals surface area contributed by atoms with Crippen LogP contribution in [-0.4, -0.2) is 67.6 Å². The van der Waals surface area contributed by atoms with Gasteiger partial charge in [0.05, 0.1) is 35.4 Å². The Balaban J connectivity index is 1.33. The maximum atomic E-state index is 9.74. The van der Waals surface area contributed by atoms with Gasteiger partial charge in [-0.05, 0) is 63.6 Å². The summed E-state index contributed by atoms with van der Waals surface area (Å²) in [7, 11) is 0. The van der Waals surface area contributed by atoms with Crippen molar-refractivity contribution in [3.8, 4) is 17.3 Å². The summed E-state index contributed by atoms with van der Waals surface area (Å²) >= 11 is 6.55. The van der Waals surface area contributed by atoms with E-state index in [4.69, 9.17) is 31.8 Å². The number of nitriles is 1. The van der Waals surface area contributed by atoms with Gasteiger partial charge in [0.25, 0.3) is 0 Å². The van der Waals surface area contributed by atoms with Crippen LogP contribution in [0.4, 0.5) is 11.6 Å². The van der Waals surface area contributed by atoms with Gasteiger partial charge in [-0.2, -0.15) is 5.26 Å². The molecule has 9 nitrogen and oxygen atoms in total. The van der Waals surface area contributed by atoms with Gasteiger partial charge in [-0.25, -0.2) is 9.97 Å². The SMILES string of the molecule is CC(COCCN)NC1CCC(Nc2cc(-c3cccc(NCC4(C#N)CCOCC4)n3)c(Cl)cn2)CC1. The second-order valence-corrected chi connectivity index (χ2v) is 10.8. The lowest BCUT2D eigenvalue weighted by Gasteiger charge is -2.32. The molecule has 10 heteroatoms. The minimum absolute atomic E-state index is 0.316. The quantitative estimate of drug-likeness (QED) is 0.292. The van der Waals surface area contributed by atoms with E-state index in [-0.39, 0.29) is 0 Å². The van der Waals surface area contributed by atoms with Crippen LogP contribution >= 0.6 is 11.6 Å². The number of halogens is 1.